The number of hydrogen-bond donors (Lipinski definition) is 0. The predicted molar refractivity (Wildman–Crippen MR) is 62.5 cm³/mol. The molecule has 0 N–H and O–H groups in total. The van der Waals surface area contributed by atoms with Crippen molar-refractivity contribution in [1.29, 1.82) is 0 Å². The summed E-state index contributed by atoms with van der Waals surface area (Å²) in [5.41, 5.74) is 2.87. The van der Waals surface area contributed by atoms with Crippen LogP contribution in [0.15, 0.2) is 24.3 Å². The smallest absolute Gasteiger partial charge is 0.0344 e. The fraction of sp³-hybridized carbons (Fsp3) is 0.538. The van der Waals surface area contributed by atoms with Gasteiger partial charge in [-0.3, -0.25) is 0 Å². The Labute approximate surface area is 87.7 Å². The van der Waals surface area contributed by atoms with E-state index in [2.05, 4.69) is 57.1 Å². The molecular formula is C13H21N. The molecule has 0 aliphatic rings. The molecule has 0 bridgehead atoms. The van der Waals surface area contributed by atoms with Crippen LogP contribution in [0.1, 0.15) is 36.9 Å². The van der Waals surface area contributed by atoms with E-state index >= 15 is 0 Å². The largest absolute Gasteiger partial charge is 0.302 e. The van der Waals surface area contributed by atoms with Gasteiger partial charge in [0.25, 0.3) is 0 Å². The second-order valence-electron chi connectivity index (χ2n) is 4.12. The third-order valence-corrected chi connectivity index (χ3v) is 2.73. The van der Waals surface area contributed by atoms with Gasteiger partial charge in [0, 0.05) is 6.04 Å². The van der Waals surface area contributed by atoms with Gasteiger partial charge in [-0.2, -0.15) is 0 Å². The summed E-state index contributed by atoms with van der Waals surface area (Å²) in [4.78, 5) is 2.31. The molecule has 1 atom stereocenters. The lowest BCUT2D eigenvalue weighted by Crippen LogP contribution is -2.20. The molecule has 1 nitrogen and oxygen atoms in total. The van der Waals surface area contributed by atoms with Gasteiger partial charge in [-0.05, 0) is 38.6 Å². The highest BCUT2D eigenvalue weighted by molar-refractivity contribution is 5.28. The van der Waals surface area contributed by atoms with Crippen molar-refractivity contribution < 1.29 is 0 Å². The van der Waals surface area contributed by atoms with Crippen molar-refractivity contribution in [2.75, 3.05) is 14.1 Å². The first-order chi connectivity index (χ1) is 6.66. The lowest BCUT2D eigenvalue weighted by Gasteiger charge is -2.25. The Kier molecular flexibility index (Phi) is 4.15. The average Bonchev–Trinajstić information content (AvgIpc) is 2.15. The van der Waals surface area contributed by atoms with Crippen LogP contribution in [-0.2, 0) is 0 Å². The molecule has 0 spiro atoms. The van der Waals surface area contributed by atoms with E-state index in [1.807, 2.05) is 0 Å². The SMILES string of the molecule is CCCC(c1ccccc1C)N(C)C. The summed E-state index contributed by atoms with van der Waals surface area (Å²) in [5, 5.41) is 0. The Bertz CT molecular complexity index is 278. The van der Waals surface area contributed by atoms with Crippen molar-refractivity contribution in [3.8, 4) is 0 Å². The Balaban J connectivity index is 2.93. The molecule has 1 rings (SSSR count). The highest BCUT2D eigenvalue weighted by Gasteiger charge is 2.13. The molecule has 1 aromatic rings. The van der Waals surface area contributed by atoms with Gasteiger partial charge in [-0.15, -0.1) is 0 Å². The molecule has 0 aliphatic heterocycles. The molecule has 0 aliphatic carbocycles. The molecule has 1 aromatic carbocycles. The third kappa shape index (κ3) is 2.58. The molecule has 78 valence electrons. The molecule has 0 radical (unpaired) electrons. The minimum absolute atomic E-state index is 0.571. The van der Waals surface area contributed by atoms with E-state index in [-0.39, 0.29) is 0 Å². The minimum atomic E-state index is 0.571. The maximum Gasteiger partial charge on any atom is 0.0344 e. The van der Waals surface area contributed by atoms with Gasteiger partial charge in [0.05, 0.1) is 0 Å². The Morgan fingerprint density at radius 2 is 1.86 bits per heavy atom. The summed E-state index contributed by atoms with van der Waals surface area (Å²) < 4.78 is 0. The number of aryl methyl sites for hydroxylation is 1. The van der Waals surface area contributed by atoms with Crippen LogP contribution in [0.2, 0.25) is 0 Å². The summed E-state index contributed by atoms with van der Waals surface area (Å²) in [6.07, 6.45) is 2.47. The zero-order chi connectivity index (χ0) is 10.6. The first-order valence-corrected chi connectivity index (χ1v) is 5.38. The van der Waals surface area contributed by atoms with Crippen molar-refractivity contribution in [1.82, 2.24) is 4.90 Å². The van der Waals surface area contributed by atoms with Crippen molar-refractivity contribution in [2.24, 2.45) is 0 Å². The van der Waals surface area contributed by atoms with E-state index in [1.54, 1.807) is 0 Å². The van der Waals surface area contributed by atoms with Crippen molar-refractivity contribution in [3.63, 3.8) is 0 Å². The summed E-state index contributed by atoms with van der Waals surface area (Å²) >= 11 is 0. The molecule has 0 saturated heterocycles. The van der Waals surface area contributed by atoms with Gasteiger partial charge in [0.15, 0.2) is 0 Å². The fourth-order valence-electron chi connectivity index (χ4n) is 1.93. The molecule has 0 heterocycles. The highest BCUT2D eigenvalue weighted by Crippen LogP contribution is 2.25. The topological polar surface area (TPSA) is 3.24 Å². The summed E-state index contributed by atoms with van der Waals surface area (Å²) in [6.45, 7) is 4.44. The molecule has 1 heteroatoms. The Morgan fingerprint density at radius 3 is 2.36 bits per heavy atom. The van der Waals surface area contributed by atoms with E-state index in [0.29, 0.717) is 6.04 Å². The van der Waals surface area contributed by atoms with Crippen molar-refractivity contribution in [2.45, 2.75) is 32.7 Å². The molecule has 0 fully saturated rings. The molecule has 0 saturated carbocycles. The zero-order valence-corrected chi connectivity index (χ0v) is 9.75. The van der Waals surface area contributed by atoms with E-state index in [0.717, 1.165) is 0 Å². The van der Waals surface area contributed by atoms with Gasteiger partial charge in [0.1, 0.15) is 0 Å². The third-order valence-electron chi connectivity index (χ3n) is 2.73. The van der Waals surface area contributed by atoms with Crippen LogP contribution in [0.4, 0.5) is 0 Å². The van der Waals surface area contributed by atoms with Crippen LogP contribution in [0.25, 0.3) is 0 Å². The highest BCUT2D eigenvalue weighted by atomic mass is 15.1. The molecule has 0 aromatic heterocycles. The molecule has 0 amide bonds. The average molecular weight is 191 g/mol. The van der Waals surface area contributed by atoms with E-state index in [9.17, 15) is 0 Å². The Hall–Kier alpha value is -0.820. The monoisotopic (exact) mass is 191 g/mol. The van der Waals surface area contributed by atoms with E-state index in [1.165, 1.54) is 24.0 Å². The summed E-state index contributed by atoms with van der Waals surface area (Å²) in [6, 6.07) is 9.25. The van der Waals surface area contributed by atoms with Gasteiger partial charge < -0.3 is 4.90 Å². The quantitative estimate of drug-likeness (QED) is 0.705. The summed E-state index contributed by atoms with van der Waals surface area (Å²) in [7, 11) is 4.32. The number of nitrogens with zero attached hydrogens (tertiary/aromatic N) is 1. The van der Waals surface area contributed by atoms with Crippen LogP contribution in [0.3, 0.4) is 0 Å². The van der Waals surface area contributed by atoms with E-state index < -0.39 is 0 Å². The lowest BCUT2D eigenvalue weighted by atomic mass is 9.97. The summed E-state index contributed by atoms with van der Waals surface area (Å²) in [5.74, 6) is 0. The van der Waals surface area contributed by atoms with Crippen molar-refractivity contribution in [3.05, 3.63) is 35.4 Å². The van der Waals surface area contributed by atoms with Gasteiger partial charge >= 0.3 is 0 Å². The van der Waals surface area contributed by atoms with E-state index in [4.69, 9.17) is 0 Å². The maximum atomic E-state index is 2.31. The molecule has 14 heavy (non-hydrogen) atoms. The normalized spacial score (nSPS) is 13.2. The second kappa shape index (κ2) is 5.16. The van der Waals surface area contributed by atoms with Crippen LogP contribution in [0, 0.1) is 6.92 Å². The standard InChI is InChI=1S/C13H21N/c1-5-8-13(14(3)4)12-10-7-6-9-11(12)2/h6-7,9-10,13H,5,8H2,1-4H3. The van der Waals surface area contributed by atoms with Crippen LogP contribution < -0.4 is 0 Å². The van der Waals surface area contributed by atoms with Crippen LogP contribution in [-0.4, -0.2) is 19.0 Å². The minimum Gasteiger partial charge on any atom is -0.302 e. The number of rotatable bonds is 4. The van der Waals surface area contributed by atoms with Crippen LogP contribution in [0.5, 0.6) is 0 Å². The fourth-order valence-corrected chi connectivity index (χ4v) is 1.93. The molecule has 1 unspecified atom stereocenters. The number of benzene rings is 1. The van der Waals surface area contributed by atoms with Crippen LogP contribution >= 0.6 is 0 Å². The lowest BCUT2D eigenvalue weighted by molar-refractivity contribution is 0.281. The predicted octanol–water partition coefficient (Wildman–Crippen LogP) is 3.40. The molecular weight excluding hydrogens is 170 g/mol. The van der Waals surface area contributed by atoms with Crippen molar-refractivity contribution >= 4 is 0 Å². The second-order valence-corrected chi connectivity index (χ2v) is 4.12. The first kappa shape index (κ1) is 11.3. The van der Waals surface area contributed by atoms with Gasteiger partial charge in [0.2, 0.25) is 0 Å². The zero-order valence-electron chi connectivity index (χ0n) is 9.75. The van der Waals surface area contributed by atoms with Gasteiger partial charge in [-0.25, -0.2) is 0 Å². The number of hydrogen-bond acceptors (Lipinski definition) is 1. The first-order valence-electron chi connectivity index (χ1n) is 5.38. The Morgan fingerprint density at radius 1 is 1.21 bits per heavy atom. The van der Waals surface area contributed by atoms with Gasteiger partial charge in [-0.1, -0.05) is 37.6 Å². The maximum absolute atomic E-state index is 2.31.